The number of piperidine rings is 1. The van der Waals surface area contributed by atoms with Crippen molar-refractivity contribution in [1.82, 2.24) is 9.47 Å². The molecule has 0 saturated carbocycles. The summed E-state index contributed by atoms with van der Waals surface area (Å²) in [6.45, 7) is 6.51. The van der Waals surface area contributed by atoms with E-state index in [4.69, 9.17) is 24.1 Å². The maximum Gasteiger partial charge on any atom is 0.415 e. The molecular weight excluding hydrogens is 715 g/mol. The summed E-state index contributed by atoms with van der Waals surface area (Å²) >= 11 is 0. The first-order chi connectivity index (χ1) is 24.8. The fourth-order valence-corrected chi connectivity index (χ4v) is 6.81. The summed E-state index contributed by atoms with van der Waals surface area (Å²) in [4.78, 5) is 16.6. The zero-order valence-electron chi connectivity index (χ0n) is 30.8. The van der Waals surface area contributed by atoms with Crippen molar-refractivity contribution in [3.05, 3.63) is 48.2 Å². The van der Waals surface area contributed by atoms with Crippen molar-refractivity contribution in [2.24, 2.45) is 5.92 Å². The number of anilines is 2. The molecule has 1 aromatic heterocycles. The summed E-state index contributed by atoms with van der Waals surface area (Å²) < 4.78 is 80.1. The molecule has 0 aliphatic carbocycles. The van der Waals surface area contributed by atoms with Gasteiger partial charge in [0.15, 0.2) is 0 Å². The molecule has 0 bridgehead atoms. The molecule has 53 heavy (non-hydrogen) atoms. The molecule has 292 valence electrons. The second-order valence-electron chi connectivity index (χ2n) is 14.2. The van der Waals surface area contributed by atoms with Crippen LogP contribution in [-0.4, -0.2) is 114 Å². The molecular formula is C37H50F3N5O7S. The third-order valence-corrected chi connectivity index (χ3v) is 9.64. The van der Waals surface area contributed by atoms with E-state index in [2.05, 4.69) is 29.1 Å². The lowest BCUT2D eigenvalue weighted by Gasteiger charge is -2.38. The molecule has 3 aromatic rings. The Balaban J connectivity index is 1.65. The van der Waals surface area contributed by atoms with Crippen LogP contribution in [0.15, 0.2) is 47.4 Å². The van der Waals surface area contributed by atoms with E-state index < -0.39 is 34.1 Å². The first-order valence-corrected chi connectivity index (χ1v) is 19.3. The van der Waals surface area contributed by atoms with Crippen molar-refractivity contribution in [2.45, 2.75) is 62.9 Å². The van der Waals surface area contributed by atoms with Crippen LogP contribution < -0.4 is 10.2 Å². The van der Waals surface area contributed by atoms with Crippen LogP contribution in [0.5, 0.6) is 5.75 Å². The molecule has 2 aromatic carbocycles. The normalized spacial score (nSPS) is 17.9. The number of likely N-dealkylation sites (tertiary alicyclic amines) is 1. The van der Waals surface area contributed by atoms with Crippen LogP contribution in [0.2, 0.25) is 0 Å². The van der Waals surface area contributed by atoms with Crippen molar-refractivity contribution < 1.29 is 46.6 Å². The van der Waals surface area contributed by atoms with E-state index in [9.17, 15) is 27.3 Å². The Hall–Kier alpha value is -4.01. The van der Waals surface area contributed by atoms with Gasteiger partial charge in [-0.05, 0) is 89.4 Å². The highest BCUT2D eigenvalue weighted by Gasteiger charge is 2.31. The van der Waals surface area contributed by atoms with Crippen molar-refractivity contribution in [3.8, 4) is 17.6 Å². The number of aromatic hydroxyl groups is 1. The van der Waals surface area contributed by atoms with Crippen LogP contribution in [0.3, 0.4) is 0 Å². The van der Waals surface area contributed by atoms with Gasteiger partial charge in [0, 0.05) is 42.6 Å². The minimum atomic E-state index is -4.56. The molecule has 2 heterocycles. The number of aliphatic hydroxyl groups is 1. The van der Waals surface area contributed by atoms with Gasteiger partial charge >= 0.3 is 12.3 Å². The number of fused-ring (bicyclic) bond motifs is 1. The molecule has 1 aliphatic rings. The van der Waals surface area contributed by atoms with Gasteiger partial charge in [0.25, 0.3) is 0 Å². The minimum Gasteiger partial charge on any atom is -0.508 e. The lowest BCUT2D eigenvalue weighted by molar-refractivity contribution is -0.140. The van der Waals surface area contributed by atoms with E-state index in [1.807, 2.05) is 6.07 Å². The summed E-state index contributed by atoms with van der Waals surface area (Å²) in [5, 5.41) is 23.4. The number of hydrogen-bond donors (Lipinski definition) is 4. The maximum absolute atomic E-state index is 14.0. The average Bonchev–Trinajstić information content (AvgIpc) is 3.38. The van der Waals surface area contributed by atoms with Crippen LogP contribution in [-0.2, 0) is 30.5 Å². The quantitative estimate of drug-likeness (QED) is 0.117. The molecule has 4 N–H and O–H groups in total. The summed E-state index contributed by atoms with van der Waals surface area (Å²) in [6, 6.07) is 10.5. The number of phenols is 1. The molecule has 0 spiro atoms. The van der Waals surface area contributed by atoms with E-state index in [-0.39, 0.29) is 53.7 Å². The Morgan fingerprint density at radius 1 is 1.11 bits per heavy atom. The number of carbonyl (C=O) groups is 1. The number of carbonyl (C=O) groups excluding carboxylic acids is 1. The number of amides is 1. The van der Waals surface area contributed by atoms with Gasteiger partial charge in [0.1, 0.15) is 17.9 Å². The molecule has 1 amide bonds. The summed E-state index contributed by atoms with van der Waals surface area (Å²) in [5.41, 5.74) is 0.217. The zero-order chi connectivity index (χ0) is 39.0. The molecule has 12 nitrogen and oxygen atoms in total. The highest BCUT2D eigenvalue weighted by atomic mass is 32.2. The van der Waals surface area contributed by atoms with E-state index >= 15 is 0 Å². The van der Waals surface area contributed by atoms with Crippen LogP contribution in [0.25, 0.3) is 10.9 Å². The number of ether oxygens (including phenoxy) is 3. The molecule has 1 saturated heterocycles. The number of aliphatic hydroxyl groups excluding tert-OH is 1. The molecule has 1 fully saturated rings. The average molecular weight is 766 g/mol. The Morgan fingerprint density at radius 3 is 2.49 bits per heavy atom. The van der Waals surface area contributed by atoms with E-state index in [1.165, 1.54) is 24.5 Å². The molecule has 0 radical (unpaired) electrons. The minimum absolute atomic E-state index is 0.0254. The second kappa shape index (κ2) is 17.9. The van der Waals surface area contributed by atoms with E-state index in [0.717, 1.165) is 35.4 Å². The largest absolute Gasteiger partial charge is 0.508 e. The number of hydrogen-bond acceptors (Lipinski definition) is 10. The fourth-order valence-electron chi connectivity index (χ4n) is 6.12. The van der Waals surface area contributed by atoms with Gasteiger partial charge in [0.2, 0.25) is 0 Å². The SMILES string of the molecule is CN1CC[C@H](Nc2cccc3c2cc(C#CCN(C(=O)OC(C)(C)C)c2cc(O)cc(S(C)(=N)=O)c2)n3CC(F)(F)F)[C@@H](CCOCCOCCO)C1. The predicted molar refractivity (Wildman–Crippen MR) is 198 cm³/mol. The van der Waals surface area contributed by atoms with Crippen molar-refractivity contribution in [2.75, 3.05) is 76.2 Å². The second-order valence-corrected chi connectivity index (χ2v) is 16.3. The Kier molecular flexibility index (Phi) is 14.1. The first-order valence-electron chi connectivity index (χ1n) is 17.3. The summed E-state index contributed by atoms with van der Waals surface area (Å²) in [6.07, 6.45) is -2.66. The van der Waals surface area contributed by atoms with Crippen molar-refractivity contribution in [1.29, 1.82) is 4.78 Å². The lowest BCUT2D eigenvalue weighted by atomic mass is 9.89. The highest BCUT2D eigenvalue weighted by molar-refractivity contribution is 7.91. The molecule has 4 rings (SSSR count). The Bertz CT molecular complexity index is 1880. The van der Waals surface area contributed by atoms with Crippen molar-refractivity contribution in [3.63, 3.8) is 0 Å². The monoisotopic (exact) mass is 765 g/mol. The fraction of sp³-hybridized carbons (Fsp3) is 0.541. The van der Waals surface area contributed by atoms with E-state index in [0.29, 0.717) is 36.4 Å². The lowest BCUT2D eigenvalue weighted by Crippen LogP contribution is -2.45. The number of halogens is 3. The third kappa shape index (κ3) is 12.5. The molecule has 1 aliphatic heterocycles. The number of rotatable bonds is 14. The van der Waals surface area contributed by atoms with Gasteiger partial charge in [-0.15, -0.1) is 0 Å². The third-order valence-electron chi connectivity index (χ3n) is 8.51. The predicted octanol–water partition coefficient (Wildman–Crippen LogP) is 5.89. The Labute approximate surface area is 309 Å². The number of benzene rings is 2. The maximum atomic E-state index is 14.0. The van der Waals surface area contributed by atoms with Gasteiger partial charge in [-0.1, -0.05) is 12.0 Å². The highest BCUT2D eigenvalue weighted by Crippen LogP contribution is 2.33. The van der Waals surface area contributed by atoms with Crippen LogP contribution in [0, 0.1) is 22.5 Å². The van der Waals surface area contributed by atoms with Crippen molar-refractivity contribution >= 4 is 38.1 Å². The number of aromatic nitrogens is 1. The van der Waals surface area contributed by atoms with Gasteiger partial charge < -0.3 is 39.2 Å². The number of nitrogens with one attached hydrogen (secondary N) is 2. The topological polar surface area (TPSA) is 150 Å². The van der Waals surface area contributed by atoms with Gasteiger partial charge in [-0.25, -0.2) is 13.8 Å². The van der Waals surface area contributed by atoms with Crippen LogP contribution in [0.4, 0.5) is 29.3 Å². The number of alkyl halides is 3. The smallest absolute Gasteiger partial charge is 0.415 e. The van der Waals surface area contributed by atoms with Crippen LogP contribution >= 0.6 is 0 Å². The standard InChI is InChI=1S/C37H50F3N5O7S/c1-36(2,3)52-35(48)44(28-20-29(47)23-30(21-28)53(5,41)49)13-7-8-27-22-31-33(9-6-10-34(31)45(27)25-37(38,39)40)42-32-11-14-43(4)24-26(32)12-16-50-18-19-51-17-15-46/h6,9-10,20-23,26,32,41-42,46-47H,11-19,24-25H2,1-5H3/t26-,32-,53?/m0/s1. The Morgan fingerprint density at radius 2 is 1.83 bits per heavy atom. The summed E-state index contributed by atoms with van der Waals surface area (Å²) in [5.74, 6) is 5.51. The van der Waals surface area contributed by atoms with Gasteiger partial charge in [-0.3, -0.25) is 4.90 Å². The van der Waals surface area contributed by atoms with Crippen LogP contribution in [0.1, 0.15) is 39.3 Å². The zero-order valence-corrected chi connectivity index (χ0v) is 31.6. The molecule has 3 atom stereocenters. The van der Waals surface area contributed by atoms with Gasteiger partial charge in [-0.2, -0.15) is 13.2 Å². The first kappa shape index (κ1) is 41.7. The molecule has 1 unspecified atom stereocenters. The number of phenolic OH excluding ortho intramolecular Hbond substituents is 1. The van der Waals surface area contributed by atoms with Gasteiger partial charge in [0.05, 0.1) is 64.5 Å². The number of nitrogens with zero attached hydrogens (tertiary/aromatic N) is 3. The molecule has 16 heteroatoms. The van der Waals surface area contributed by atoms with E-state index in [1.54, 1.807) is 39.0 Å². The summed E-state index contributed by atoms with van der Waals surface area (Å²) in [7, 11) is -1.23.